The van der Waals surface area contributed by atoms with E-state index in [1.807, 2.05) is 59.5 Å². The summed E-state index contributed by atoms with van der Waals surface area (Å²) in [5.74, 6) is 0.713. The molecule has 1 aromatic heterocycles. The molecular weight excluding hydrogens is 418 g/mol. The molecule has 4 rings (SSSR count). The maximum Gasteiger partial charge on any atom is 0.254 e. The summed E-state index contributed by atoms with van der Waals surface area (Å²) in [7, 11) is 0. The predicted molar refractivity (Wildman–Crippen MR) is 128 cm³/mol. The monoisotopic (exact) mass is 443 g/mol. The molecule has 2 amide bonds. The van der Waals surface area contributed by atoms with Crippen LogP contribution >= 0.6 is 0 Å². The second-order valence-electron chi connectivity index (χ2n) is 7.66. The standard InChI is InChI=1S/C25H25N5O3/c1-2-24(31)29-19-12-13-30(16-19)23-14-22(21(15-27-23)25(26)32)33-20-10-8-18(9-11-20)28-17-6-4-3-5-7-17/h2-11,14-15,19,28H,1,12-13,16H2,(H2,26,32)(H,29,31). The molecule has 1 atom stereocenters. The van der Waals surface area contributed by atoms with E-state index in [-0.39, 0.29) is 17.5 Å². The van der Waals surface area contributed by atoms with Gasteiger partial charge in [0.2, 0.25) is 5.91 Å². The average Bonchev–Trinajstić information content (AvgIpc) is 3.29. The van der Waals surface area contributed by atoms with E-state index in [4.69, 9.17) is 10.5 Å². The first-order valence-corrected chi connectivity index (χ1v) is 10.6. The van der Waals surface area contributed by atoms with Gasteiger partial charge >= 0.3 is 0 Å². The van der Waals surface area contributed by atoms with Gasteiger partial charge in [-0.3, -0.25) is 9.59 Å². The van der Waals surface area contributed by atoms with E-state index in [0.717, 1.165) is 17.8 Å². The van der Waals surface area contributed by atoms with Crippen LogP contribution in [0.15, 0.2) is 79.5 Å². The topological polar surface area (TPSA) is 110 Å². The molecule has 0 bridgehead atoms. The molecule has 2 aromatic carbocycles. The lowest BCUT2D eigenvalue weighted by atomic mass is 10.2. The second-order valence-corrected chi connectivity index (χ2v) is 7.66. The molecule has 8 nitrogen and oxygen atoms in total. The van der Waals surface area contributed by atoms with Gasteiger partial charge in [0, 0.05) is 42.8 Å². The van der Waals surface area contributed by atoms with Gasteiger partial charge in [0.05, 0.1) is 0 Å². The molecule has 1 saturated heterocycles. The summed E-state index contributed by atoms with van der Waals surface area (Å²) in [5.41, 5.74) is 7.62. The molecule has 8 heteroatoms. The van der Waals surface area contributed by atoms with Crippen molar-refractivity contribution in [2.45, 2.75) is 12.5 Å². The van der Waals surface area contributed by atoms with E-state index in [1.165, 1.54) is 12.3 Å². The van der Waals surface area contributed by atoms with Crippen molar-refractivity contribution in [3.8, 4) is 11.5 Å². The van der Waals surface area contributed by atoms with E-state index in [0.29, 0.717) is 30.4 Å². The summed E-state index contributed by atoms with van der Waals surface area (Å²) in [6.45, 7) is 4.79. The highest BCUT2D eigenvalue weighted by Gasteiger charge is 2.25. The maximum absolute atomic E-state index is 11.9. The Morgan fingerprint density at radius 1 is 1.12 bits per heavy atom. The van der Waals surface area contributed by atoms with Crippen LogP contribution in [0.4, 0.5) is 17.2 Å². The van der Waals surface area contributed by atoms with Crippen LogP contribution in [0.2, 0.25) is 0 Å². The fourth-order valence-electron chi connectivity index (χ4n) is 3.64. The third-order valence-electron chi connectivity index (χ3n) is 5.31. The Kier molecular flexibility index (Phi) is 6.54. The van der Waals surface area contributed by atoms with E-state index in [9.17, 15) is 9.59 Å². The molecule has 1 aliphatic heterocycles. The number of amides is 2. The highest BCUT2D eigenvalue weighted by atomic mass is 16.5. The first kappa shape index (κ1) is 21.9. The van der Waals surface area contributed by atoms with Crippen LogP contribution in [0.3, 0.4) is 0 Å². The Balaban J connectivity index is 1.49. The first-order valence-electron chi connectivity index (χ1n) is 10.6. The van der Waals surface area contributed by atoms with Crippen molar-refractivity contribution < 1.29 is 14.3 Å². The van der Waals surface area contributed by atoms with Crippen LogP contribution in [-0.4, -0.2) is 35.9 Å². The van der Waals surface area contributed by atoms with E-state index < -0.39 is 5.91 Å². The van der Waals surface area contributed by atoms with Crippen molar-refractivity contribution >= 4 is 29.0 Å². The molecule has 168 valence electrons. The van der Waals surface area contributed by atoms with Crippen LogP contribution < -0.4 is 26.0 Å². The minimum atomic E-state index is -0.621. The van der Waals surface area contributed by atoms with Gasteiger partial charge < -0.3 is 26.0 Å². The van der Waals surface area contributed by atoms with Crippen molar-refractivity contribution in [2.24, 2.45) is 5.73 Å². The van der Waals surface area contributed by atoms with E-state index in [1.54, 1.807) is 6.07 Å². The zero-order chi connectivity index (χ0) is 23.2. The molecule has 1 aliphatic rings. The van der Waals surface area contributed by atoms with Gasteiger partial charge in [-0.15, -0.1) is 0 Å². The van der Waals surface area contributed by atoms with Crippen LogP contribution in [0.1, 0.15) is 16.8 Å². The van der Waals surface area contributed by atoms with E-state index >= 15 is 0 Å². The SMILES string of the molecule is C=CC(=O)NC1CCN(c2cc(Oc3ccc(Nc4ccccc4)cc3)c(C(N)=O)cn2)C1. The van der Waals surface area contributed by atoms with Crippen molar-refractivity contribution in [3.63, 3.8) is 0 Å². The smallest absolute Gasteiger partial charge is 0.254 e. The van der Waals surface area contributed by atoms with Crippen molar-refractivity contribution in [1.29, 1.82) is 0 Å². The molecule has 1 fully saturated rings. The van der Waals surface area contributed by atoms with Crippen LogP contribution in [0.5, 0.6) is 11.5 Å². The van der Waals surface area contributed by atoms with Gasteiger partial charge in [0.1, 0.15) is 22.9 Å². The second kappa shape index (κ2) is 9.86. The molecule has 2 heterocycles. The summed E-state index contributed by atoms with van der Waals surface area (Å²) in [6, 6.07) is 19.0. The lowest BCUT2D eigenvalue weighted by molar-refractivity contribution is -0.117. The number of carbonyl (C=O) groups is 2. The van der Waals surface area contributed by atoms with Crippen LogP contribution in [-0.2, 0) is 4.79 Å². The minimum Gasteiger partial charge on any atom is -0.456 e. The van der Waals surface area contributed by atoms with E-state index in [2.05, 4.69) is 22.2 Å². The number of nitrogens with zero attached hydrogens (tertiary/aromatic N) is 2. The van der Waals surface area contributed by atoms with Gasteiger partial charge in [-0.2, -0.15) is 0 Å². The molecule has 33 heavy (non-hydrogen) atoms. The summed E-state index contributed by atoms with van der Waals surface area (Å²) in [5, 5.41) is 6.21. The number of para-hydroxylation sites is 1. The lowest BCUT2D eigenvalue weighted by Gasteiger charge is -2.19. The minimum absolute atomic E-state index is 0.00199. The number of pyridine rings is 1. The average molecular weight is 444 g/mol. The summed E-state index contributed by atoms with van der Waals surface area (Å²) >= 11 is 0. The fraction of sp³-hybridized carbons (Fsp3) is 0.160. The largest absolute Gasteiger partial charge is 0.456 e. The number of nitrogens with two attached hydrogens (primary N) is 1. The molecule has 1 unspecified atom stereocenters. The van der Waals surface area contributed by atoms with Gasteiger partial charge in [0.15, 0.2) is 0 Å². The number of primary amides is 1. The predicted octanol–water partition coefficient (Wildman–Crippen LogP) is 3.60. The van der Waals surface area contributed by atoms with Crippen molar-refractivity contribution in [1.82, 2.24) is 10.3 Å². The number of hydrogen-bond acceptors (Lipinski definition) is 6. The number of benzene rings is 2. The highest BCUT2D eigenvalue weighted by Crippen LogP contribution is 2.30. The number of ether oxygens (including phenoxy) is 1. The molecule has 0 radical (unpaired) electrons. The van der Waals surface area contributed by atoms with Gasteiger partial charge in [-0.1, -0.05) is 24.8 Å². The number of hydrogen-bond donors (Lipinski definition) is 3. The summed E-state index contributed by atoms with van der Waals surface area (Å²) < 4.78 is 6.01. The summed E-state index contributed by atoms with van der Waals surface area (Å²) in [4.78, 5) is 29.9. The number of anilines is 3. The normalized spacial score (nSPS) is 15.0. The van der Waals surface area contributed by atoms with Crippen molar-refractivity contribution in [2.75, 3.05) is 23.3 Å². The first-order chi connectivity index (χ1) is 16.0. The highest BCUT2D eigenvalue weighted by molar-refractivity contribution is 5.95. The van der Waals surface area contributed by atoms with Crippen LogP contribution in [0.25, 0.3) is 0 Å². The third kappa shape index (κ3) is 5.48. The number of aromatic nitrogens is 1. The Labute approximate surface area is 192 Å². The Hall–Kier alpha value is -4.33. The van der Waals surface area contributed by atoms with Crippen LogP contribution in [0, 0.1) is 0 Å². The molecule has 0 saturated carbocycles. The zero-order valence-electron chi connectivity index (χ0n) is 18.0. The molecule has 0 aliphatic carbocycles. The molecule has 4 N–H and O–H groups in total. The Bertz CT molecular complexity index is 1150. The number of carbonyl (C=O) groups excluding carboxylic acids is 2. The lowest BCUT2D eigenvalue weighted by Crippen LogP contribution is -2.36. The van der Waals surface area contributed by atoms with Gasteiger partial charge in [-0.05, 0) is 48.9 Å². The molecule has 0 spiro atoms. The fourth-order valence-corrected chi connectivity index (χ4v) is 3.64. The maximum atomic E-state index is 11.9. The van der Waals surface area contributed by atoms with Gasteiger partial charge in [0.25, 0.3) is 5.91 Å². The molecule has 3 aromatic rings. The van der Waals surface area contributed by atoms with Gasteiger partial charge in [-0.25, -0.2) is 4.98 Å². The quantitative estimate of drug-likeness (QED) is 0.459. The number of rotatable bonds is 8. The Morgan fingerprint density at radius 2 is 1.85 bits per heavy atom. The number of nitrogens with one attached hydrogen (secondary N) is 2. The zero-order valence-corrected chi connectivity index (χ0v) is 18.0. The molecular formula is C25H25N5O3. The third-order valence-corrected chi connectivity index (χ3v) is 5.31. The van der Waals surface area contributed by atoms with Crippen molar-refractivity contribution in [3.05, 3.63) is 85.1 Å². The summed E-state index contributed by atoms with van der Waals surface area (Å²) in [6.07, 6.45) is 3.47. The Morgan fingerprint density at radius 3 is 2.55 bits per heavy atom.